The lowest BCUT2D eigenvalue weighted by Crippen LogP contribution is -2.03. The van der Waals surface area contributed by atoms with Crippen LogP contribution < -0.4 is 0 Å². The Bertz CT molecular complexity index is 692. The van der Waals surface area contributed by atoms with Gasteiger partial charge in [-0.3, -0.25) is 0 Å². The molecule has 2 nitrogen and oxygen atoms in total. The molecule has 0 heterocycles. The molecule has 2 rings (SSSR count). The molecule has 0 radical (unpaired) electrons. The van der Waals surface area contributed by atoms with Gasteiger partial charge in [0.05, 0.1) is 4.90 Å². The van der Waals surface area contributed by atoms with E-state index in [0.717, 1.165) is 36.8 Å². The Morgan fingerprint density at radius 1 is 1.05 bits per heavy atom. The third-order valence-corrected chi connectivity index (χ3v) is 4.99. The van der Waals surface area contributed by atoms with Crippen LogP contribution in [0, 0.1) is 6.92 Å². The van der Waals surface area contributed by atoms with Crippen molar-refractivity contribution in [1.82, 2.24) is 0 Å². The molecule has 4 heteroatoms. The van der Waals surface area contributed by atoms with Crippen LogP contribution in [-0.2, 0) is 32.8 Å². The van der Waals surface area contributed by atoms with Crippen molar-refractivity contribution in [1.29, 1.82) is 0 Å². The summed E-state index contributed by atoms with van der Waals surface area (Å²) >= 11 is 4.72. The molecule has 0 saturated carbocycles. The van der Waals surface area contributed by atoms with E-state index < -0.39 is 8.77 Å². The van der Waals surface area contributed by atoms with Gasteiger partial charge in [-0.15, -0.1) is 0 Å². The number of hydrogen-bond acceptors (Lipinski definition) is 2. The van der Waals surface area contributed by atoms with Gasteiger partial charge in [-0.1, -0.05) is 48.0 Å². The molecule has 0 spiro atoms. The fraction of sp³-hybridized carbons (Fsp3) is 0.294. The summed E-state index contributed by atoms with van der Waals surface area (Å²) in [7, 11) is -3.31. The number of aryl methyl sites for hydroxylation is 3. The highest BCUT2D eigenvalue weighted by Crippen LogP contribution is 2.20. The first-order valence-corrected chi connectivity index (χ1v) is 9.52. The van der Waals surface area contributed by atoms with Gasteiger partial charge in [-0.25, -0.2) is 4.21 Å². The summed E-state index contributed by atoms with van der Waals surface area (Å²) < 4.78 is 21.4. The maximum absolute atomic E-state index is 11.7. The minimum Gasteiger partial charge on any atom is -0.302 e. The molecule has 0 aliphatic carbocycles. The molecule has 0 aliphatic rings. The van der Waals surface area contributed by atoms with Crippen molar-refractivity contribution in [2.45, 2.75) is 37.5 Å². The Balaban J connectivity index is 1.98. The summed E-state index contributed by atoms with van der Waals surface area (Å²) in [5.74, 6) is 0. The normalized spacial score (nSPS) is 13.8. The summed E-state index contributed by atoms with van der Waals surface area (Å²) in [4.78, 5) is 0.405. The molecule has 0 bridgehead atoms. The van der Waals surface area contributed by atoms with E-state index in [0.29, 0.717) is 4.90 Å². The largest absolute Gasteiger partial charge is 0.302 e. The molecule has 0 aromatic heterocycles. The number of rotatable bonds is 6. The molecule has 0 fully saturated rings. The van der Waals surface area contributed by atoms with E-state index in [9.17, 15) is 8.76 Å². The van der Waals surface area contributed by atoms with Gasteiger partial charge < -0.3 is 4.55 Å². The van der Waals surface area contributed by atoms with Crippen molar-refractivity contribution in [3.05, 3.63) is 65.2 Å². The molecule has 1 unspecified atom stereocenters. The van der Waals surface area contributed by atoms with Crippen molar-refractivity contribution < 1.29 is 8.76 Å². The smallest absolute Gasteiger partial charge is 0.171 e. The lowest BCUT2D eigenvalue weighted by atomic mass is 10.0. The predicted octanol–water partition coefficient (Wildman–Crippen LogP) is 4.14. The lowest BCUT2D eigenvalue weighted by Gasteiger charge is -2.10. The molecule has 1 N–H and O–H groups in total. The molecular weight excluding hydrogens is 300 g/mol. The number of unbranched alkanes of at least 4 members (excludes halogenated alkanes) is 1. The van der Waals surface area contributed by atoms with E-state index in [4.69, 9.17) is 11.2 Å². The summed E-state index contributed by atoms with van der Waals surface area (Å²) in [5, 5.41) is 0. The molecule has 2 aromatic carbocycles. The zero-order valence-corrected chi connectivity index (χ0v) is 13.8. The van der Waals surface area contributed by atoms with Gasteiger partial charge in [-0.2, -0.15) is 0 Å². The van der Waals surface area contributed by atoms with E-state index in [1.807, 2.05) is 37.3 Å². The van der Waals surface area contributed by atoms with Crippen molar-refractivity contribution in [3.8, 4) is 0 Å². The van der Waals surface area contributed by atoms with Gasteiger partial charge >= 0.3 is 0 Å². The average Bonchev–Trinajstić information content (AvgIpc) is 2.43. The summed E-state index contributed by atoms with van der Waals surface area (Å²) in [6.07, 6.45) is 3.86. The summed E-state index contributed by atoms with van der Waals surface area (Å²) in [5.41, 5.74) is 3.33. The standard InChI is InChI=1S/C17H20O2S2/c1-14-11-12-17(21(18,19)20)16(13-14)10-6-5-9-15-7-3-2-4-8-15/h2-4,7-8,11-13H,5-6,9-10H2,1H3,(H,18,19,20). The van der Waals surface area contributed by atoms with Crippen LogP contribution in [0.2, 0.25) is 0 Å². The van der Waals surface area contributed by atoms with Gasteiger partial charge in [-0.05, 0) is 49.8 Å². The van der Waals surface area contributed by atoms with Gasteiger partial charge in [0.2, 0.25) is 0 Å². The van der Waals surface area contributed by atoms with Crippen LogP contribution in [0.4, 0.5) is 0 Å². The second kappa shape index (κ2) is 7.16. The Kier molecular flexibility index (Phi) is 5.51. The fourth-order valence-corrected chi connectivity index (χ4v) is 3.66. The van der Waals surface area contributed by atoms with Gasteiger partial charge in [0.15, 0.2) is 8.77 Å². The Hall–Kier alpha value is -1.23. The summed E-state index contributed by atoms with van der Waals surface area (Å²) in [6.45, 7) is 1.99. The van der Waals surface area contributed by atoms with Crippen molar-refractivity contribution in [2.75, 3.05) is 0 Å². The highest BCUT2D eigenvalue weighted by molar-refractivity contribution is 8.29. The van der Waals surface area contributed by atoms with E-state index in [1.165, 1.54) is 5.56 Å². The van der Waals surface area contributed by atoms with Crippen LogP contribution in [-0.4, -0.2) is 8.76 Å². The molecule has 0 aliphatic heterocycles. The third-order valence-electron chi connectivity index (χ3n) is 3.50. The quantitative estimate of drug-likeness (QED) is 0.813. The zero-order valence-electron chi connectivity index (χ0n) is 12.1. The molecule has 2 aromatic rings. The molecule has 0 amide bonds. The monoisotopic (exact) mass is 320 g/mol. The second-order valence-corrected chi connectivity index (χ2v) is 8.02. The molecule has 0 saturated heterocycles. The van der Waals surface area contributed by atoms with Gasteiger partial charge in [0.1, 0.15) is 0 Å². The Morgan fingerprint density at radius 2 is 1.71 bits per heavy atom. The third kappa shape index (κ3) is 4.92. The van der Waals surface area contributed by atoms with Crippen LogP contribution in [0.5, 0.6) is 0 Å². The number of benzene rings is 2. The minimum absolute atomic E-state index is 0.405. The van der Waals surface area contributed by atoms with Crippen LogP contribution in [0.1, 0.15) is 29.5 Å². The van der Waals surface area contributed by atoms with Crippen molar-refractivity contribution >= 4 is 20.0 Å². The highest BCUT2D eigenvalue weighted by atomic mass is 32.8. The van der Waals surface area contributed by atoms with Crippen molar-refractivity contribution in [2.24, 2.45) is 0 Å². The first kappa shape index (κ1) is 16.1. The SMILES string of the molecule is Cc1ccc(S(=O)(O)=S)c(CCCCc2ccccc2)c1. The highest BCUT2D eigenvalue weighted by Gasteiger charge is 2.11. The average molecular weight is 320 g/mol. The second-order valence-electron chi connectivity index (χ2n) is 5.28. The van der Waals surface area contributed by atoms with E-state index >= 15 is 0 Å². The van der Waals surface area contributed by atoms with Crippen LogP contribution in [0.3, 0.4) is 0 Å². The topological polar surface area (TPSA) is 37.3 Å². The van der Waals surface area contributed by atoms with Crippen molar-refractivity contribution in [3.63, 3.8) is 0 Å². The predicted molar refractivity (Wildman–Crippen MR) is 90.7 cm³/mol. The fourth-order valence-electron chi connectivity index (χ4n) is 2.44. The van der Waals surface area contributed by atoms with E-state index in [-0.39, 0.29) is 0 Å². The van der Waals surface area contributed by atoms with Gasteiger partial charge in [0, 0.05) is 11.2 Å². The van der Waals surface area contributed by atoms with Crippen LogP contribution in [0.25, 0.3) is 0 Å². The maximum Gasteiger partial charge on any atom is 0.171 e. The maximum atomic E-state index is 11.7. The van der Waals surface area contributed by atoms with Crippen LogP contribution >= 0.6 is 0 Å². The molecule has 112 valence electrons. The molecule has 21 heavy (non-hydrogen) atoms. The van der Waals surface area contributed by atoms with Gasteiger partial charge in [0.25, 0.3) is 0 Å². The first-order valence-electron chi connectivity index (χ1n) is 7.08. The Labute approximate surface area is 131 Å². The number of hydrogen-bond donors (Lipinski definition) is 1. The molecule has 1 atom stereocenters. The zero-order chi connectivity index (χ0) is 15.3. The minimum atomic E-state index is -3.31. The lowest BCUT2D eigenvalue weighted by molar-refractivity contribution is 0.560. The Morgan fingerprint density at radius 3 is 2.38 bits per heavy atom. The molecular formula is C17H20O2S2. The van der Waals surface area contributed by atoms with E-state index in [1.54, 1.807) is 6.07 Å². The van der Waals surface area contributed by atoms with E-state index in [2.05, 4.69) is 12.1 Å². The van der Waals surface area contributed by atoms with Crippen LogP contribution in [0.15, 0.2) is 53.4 Å². The summed E-state index contributed by atoms with van der Waals surface area (Å²) in [6, 6.07) is 15.9. The first-order chi connectivity index (χ1) is 9.97.